The monoisotopic (exact) mass is 501 g/mol. The Balaban J connectivity index is 1.20. The molecule has 37 heavy (non-hydrogen) atoms. The van der Waals surface area contributed by atoms with Gasteiger partial charge in [0.2, 0.25) is 0 Å². The lowest BCUT2D eigenvalue weighted by Crippen LogP contribution is -2.40. The lowest BCUT2D eigenvalue weighted by molar-refractivity contribution is 0.0885. The molecular weight excluding hydrogens is 470 g/mol. The molecule has 4 aromatic rings. The normalized spacial score (nSPS) is 14.1. The van der Waals surface area contributed by atoms with E-state index >= 15 is 0 Å². The lowest BCUT2D eigenvalue weighted by Gasteiger charge is -2.26. The summed E-state index contributed by atoms with van der Waals surface area (Å²) < 4.78 is 11.6. The highest BCUT2D eigenvalue weighted by Crippen LogP contribution is 2.26. The van der Waals surface area contributed by atoms with E-state index in [-0.39, 0.29) is 23.4 Å². The number of nitrogens with one attached hydrogen (secondary N) is 3. The Labute approximate surface area is 215 Å². The summed E-state index contributed by atoms with van der Waals surface area (Å²) in [5.74, 6) is 0.351. The molecule has 1 fully saturated rings. The molecule has 3 heterocycles. The second kappa shape index (κ2) is 10.5. The molecule has 1 aliphatic heterocycles. The van der Waals surface area contributed by atoms with Gasteiger partial charge in [-0.3, -0.25) is 19.6 Å². The minimum absolute atomic E-state index is 0.124. The van der Waals surface area contributed by atoms with Gasteiger partial charge >= 0.3 is 0 Å². The van der Waals surface area contributed by atoms with Gasteiger partial charge in [0.1, 0.15) is 17.9 Å². The summed E-state index contributed by atoms with van der Waals surface area (Å²) in [4.78, 5) is 28.1. The van der Waals surface area contributed by atoms with Crippen molar-refractivity contribution in [1.82, 2.24) is 20.4 Å². The van der Waals surface area contributed by atoms with E-state index in [9.17, 15) is 9.59 Å². The highest BCUT2D eigenvalue weighted by Gasteiger charge is 2.26. The lowest BCUT2D eigenvalue weighted by atomic mass is 9.94. The molecule has 0 radical (unpaired) electrons. The Morgan fingerprint density at radius 1 is 1.05 bits per heavy atom. The maximum atomic E-state index is 12.9. The predicted molar refractivity (Wildman–Crippen MR) is 141 cm³/mol. The van der Waals surface area contributed by atoms with Gasteiger partial charge in [-0.2, -0.15) is 5.10 Å². The molecule has 3 N–H and O–H groups in total. The Hall–Kier alpha value is -4.11. The average molecular weight is 502 g/mol. The van der Waals surface area contributed by atoms with Crippen LogP contribution in [0.15, 0.2) is 65.1 Å². The number of amides is 2. The highest BCUT2D eigenvalue weighted by atomic mass is 16.5. The number of rotatable bonds is 9. The number of ether oxygens (including phenoxy) is 1. The number of aromatic nitrogens is 2. The van der Waals surface area contributed by atoms with Crippen LogP contribution in [0.5, 0.6) is 5.75 Å². The Morgan fingerprint density at radius 2 is 1.78 bits per heavy atom. The van der Waals surface area contributed by atoms with Crippen LogP contribution in [-0.4, -0.2) is 53.2 Å². The minimum Gasteiger partial charge on any atom is -0.492 e. The molecule has 0 unspecified atom stereocenters. The van der Waals surface area contributed by atoms with E-state index in [4.69, 9.17) is 9.15 Å². The molecule has 9 heteroatoms. The number of H-pyrrole nitrogens is 1. The number of likely N-dealkylation sites (tertiary alicyclic amines) is 1. The summed E-state index contributed by atoms with van der Waals surface area (Å²) in [6.45, 7) is 7.64. The first-order valence-corrected chi connectivity index (χ1v) is 12.5. The highest BCUT2D eigenvalue weighted by molar-refractivity contribution is 6.07. The van der Waals surface area contributed by atoms with Crippen molar-refractivity contribution in [2.45, 2.75) is 32.2 Å². The van der Waals surface area contributed by atoms with Crippen LogP contribution < -0.4 is 15.4 Å². The second-order valence-electron chi connectivity index (χ2n) is 9.75. The zero-order valence-corrected chi connectivity index (χ0v) is 21.0. The van der Waals surface area contributed by atoms with Crippen LogP contribution in [0.1, 0.15) is 53.2 Å². The summed E-state index contributed by atoms with van der Waals surface area (Å²) in [6, 6.07) is 18.2. The van der Waals surface area contributed by atoms with Crippen LogP contribution in [0.4, 0.5) is 5.82 Å². The van der Waals surface area contributed by atoms with Gasteiger partial charge in [0.05, 0.1) is 5.54 Å². The Bertz CT molecular complexity index is 1370. The van der Waals surface area contributed by atoms with E-state index in [2.05, 4.69) is 25.7 Å². The molecule has 0 aliphatic carbocycles. The SMILES string of the molecule is CC(C)(NC(=O)c1cc2[nH]nc(NC(=O)c3ccc(OCCN4CCCC4)cc3)c2o1)c1ccccc1. The van der Waals surface area contributed by atoms with Crippen molar-refractivity contribution in [3.63, 3.8) is 0 Å². The molecule has 9 nitrogen and oxygen atoms in total. The average Bonchev–Trinajstić information content (AvgIpc) is 3.64. The van der Waals surface area contributed by atoms with Crippen LogP contribution >= 0.6 is 0 Å². The number of anilines is 1. The van der Waals surface area contributed by atoms with E-state index in [0.29, 0.717) is 23.3 Å². The van der Waals surface area contributed by atoms with Gasteiger partial charge in [-0.15, -0.1) is 0 Å². The van der Waals surface area contributed by atoms with E-state index in [1.54, 1.807) is 30.3 Å². The number of nitrogens with zero attached hydrogens (tertiary/aromatic N) is 2. The smallest absolute Gasteiger partial charge is 0.287 e. The molecule has 1 saturated heterocycles. The van der Waals surface area contributed by atoms with Crippen molar-refractivity contribution in [2.75, 3.05) is 31.6 Å². The standard InChI is InChI=1S/C28H31N5O4/c1-28(2,20-8-4-3-5-9-20)30-27(35)23-18-22-24(37-23)25(32-31-22)29-26(34)19-10-12-21(13-11-19)36-17-16-33-14-6-7-15-33/h3-5,8-13,18H,6-7,14-17H2,1-2H3,(H,30,35)(H2,29,31,32,34). The molecule has 1 aliphatic rings. The Kier molecular flexibility index (Phi) is 6.96. The van der Waals surface area contributed by atoms with Gasteiger partial charge in [-0.1, -0.05) is 30.3 Å². The number of fused-ring (bicyclic) bond motifs is 1. The van der Waals surface area contributed by atoms with Crippen LogP contribution in [0.25, 0.3) is 11.1 Å². The maximum Gasteiger partial charge on any atom is 0.287 e. The molecule has 0 atom stereocenters. The van der Waals surface area contributed by atoms with Gasteiger partial charge in [0.15, 0.2) is 17.2 Å². The molecule has 2 amide bonds. The number of carbonyl (C=O) groups excluding carboxylic acids is 2. The topological polar surface area (TPSA) is 112 Å². The quantitative estimate of drug-likeness (QED) is 0.310. The molecule has 2 aromatic carbocycles. The largest absolute Gasteiger partial charge is 0.492 e. The number of benzene rings is 2. The van der Waals surface area contributed by atoms with Crippen LogP contribution in [-0.2, 0) is 5.54 Å². The first-order valence-electron chi connectivity index (χ1n) is 12.5. The third-order valence-corrected chi connectivity index (χ3v) is 6.60. The zero-order chi connectivity index (χ0) is 25.8. The predicted octanol–water partition coefficient (Wildman–Crippen LogP) is 4.55. The van der Waals surface area contributed by atoms with Crippen LogP contribution in [0.3, 0.4) is 0 Å². The van der Waals surface area contributed by atoms with Crippen molar-refractivity contribution in [3.8, 4) is 5.75 Å². The molecule has 192 valence electrons. The van der Waals surface area contributed by atoms with Gasteiger partial charge in [-0.05, 0) is 69.6 Å². The molecule has 0 spiro atoms. The first kappa shape index (κ1) is 24.6. The van der Waals surface area contributed by atoms with Gasteiger partial charge in [0, 0.05) is 18.2 Å². The van der Waals surface area contributed by atoms with Crippen molar-refractivity contribution in [3.05, 3.63) is 77.6 Å². The third-order valence-electron chi connectivity index (χ3n) is 6.60. The van der Waals surface area contributed by atoms with Crippen molar-refractivity contribution in [2.24, 2.45) is 0 Å². The molecule has 0 saturated carbocycles. The molecule has 2 aromatic heterocycles. The number of aromatic amines is 1. The van der Waals surface area contributed by atoms with Crippen molar-refractivity contribution >= 4 is 28.7 Å². The Morgan fingerprint density at radius 3 is 2.51 bits per heavy atom. The fourth-order valence-electron chi connectivity index (χ4n) is 4.47. The summed E-state index contributed by atoms with van der Waals surface area (Å²) in [7, 11) is 0. The molecule has 5 rings (SSSR count). The van der Waals surface area contributed by atoms with Crippen LogP contribution in [0, 0.1) is 0 Å². The van der Waals surface area contributed by atoms with Crippen molar-refractivity contribution < 1.29 is 18.7 Å². The fraction of sp³-hybridized carbons (Fsp3) is 0.321. The maximum absolute atomic E-state index is 12.9. The van der Waals surface area contributed by atoms with E-state index in [1.165, 1.54) is 12.8 Å². The number of furan rings is 1. The molecule has 0 bridgehead atoms. The van der Waals surface area contributed by atoms with E-state index in [0.717, 1.165) is 30.9 Å². The summed E-state index contributed by atoms with van der Waals surface area (Å²) in [6.07, 6.45) is 2.51. The number of hydrogen-bond acceptors (Lipinski definition) is 6. The number of carbonyl (C=O) groups is 2. The summed E-state index contributed by atoms with van der Waals surface area (Å²) in [5.41, 5.74) is 1.64. The van der Waals surface area contributed by atoms with Gasteiger partial charge in [0.25, 0.3) is 11.8 Å². The minimum atomic E-state index is -0.599. The first-order chi connectivity index (χ1) is 17.9. The van der Waals surface area contributed by atoms with Gasteiger partial charge < -0.3 is 19.8 Å². The van der Waals surface area contributed by atoms with Crippen molar-refractivity contribution in [1.29, 1.82) is 0 Å². The summed E-state index contributed by atoms with van der Waals surface area (Å²) in [5, 5.41) is 12.7. The van der Waals surface area contributed by atoms with Gasteiger partial charge in [-0.25, -0.2) is 0 Å². The summed E-state index contributed by atoms with van der Waals surface area (Å²) >= 11 is 0. The second-order valence-corrected chi connectivity index (χ2v) is 9.75. The van der Waals surface area contributed by atoms with E-state index in [1.807, 2.05) is 44.2 Å². The van der Waals surface area contributed by atoms with E-state index < -0.39 is 5.54 Å². The zero-order valence-electron chi connectivity index (χ0n) is 21.0. The van der Waals surface area contributed by atoms with Crippen LogP contribution in [0.2, 0.25) is 0 Å². The molecular formula is C28H31N5O4. The number of hydrogen-bond donors (Lipinski definition) is 3. The fourth-order valence-corrected chi connectivity index (χ4v) is 4.47. The third kappa shape index (κ3) is 5.67.